The largest absolute Gasteiger partial charge is 0.333 e. The second-order valence-electron chi connectivity index (χ2n) is 5.50. The summed E-state index contributed by atoms with van der Waals surface area (Å²) in [6.07, 6.45) is 0.327. The molecule has 1 aromatic carbocycles. The summed E-state index contributed by atoms with van der Waals surface area (Å²) in [4.78, 5) is 40.7. The summed E-state index contributed by atoms with van der Waals surface area (Å²) >= 11 is 0. The molecule has 26 heavy (non-hydrogen) atoms. The van der Waals surface area contributed by atoms with E-state index in [-0.39, 0.29) is 25.7 Å². The molecule has 2 amide bonds. The maximum atomic E-state index is 11.9. The van der Waals surface area contributed by atoms with Gasteiger partial charge in [-0.1, -0.05) is 29.0 Å². The smallest absolute Gasteiger partial charge is 0.330 e. The van der Waals surface area contributed by atoms with Crippen LogP contribution in [0.2, 0.25) is 0 Å². The molecule has 1 aromatic rings. The van der Waals surface area contributed by atoms with Crippen molar-refractivity contribution in [3.8, 4) is 6.07 Å². The van der Waals surface area contributed by atoms with E-state index in [0.717, 1.165) is 4.90 Å². The fourth-order valence-electron chi connectivity index (χ4n) is 1.88. The molecular formula is C16H16N2O4S4. The quantitative estimate of drug-likeness (QED) is 0.323. The first-order valence-corrected chi connectivity index (χ1v) is 12.5. The zero-order valence-corrected chi connectivity index (χ0v) is 17.1. The van der Waals surface area contributed by atoms with Crippen LogP contribution in [0.1, 0.15) is 32.6 Å². The number of benzene rings is 1. The summed E-state index contributed by atoms with van der Waals surface area (Å²) in [7, 11) is 5.97. The first kappa shape index (κ1) is 21.0. The highest BCUT2D eigenvalue weighted by Gasteiger charge is 2.34. The minimum atomic E-state index is -0.785. The van der Waals surface area contributed by atoms with Crippen molar-refractivity contribution in [3.63, 3.8) is 0 Å². The van der Waals surface area contributed by atoms with Crippen molar-refractivity contribution in [2.24, 2.45) is 0 Å². The molecule has 0 radical (unpaired) electrons. The number of hydrogen-bond acceptors (Lipinski definition) is 9. The lowest BCUT2D eigenvalue weighted by Crippen LogP contribution is -2.32. The lowest BCUT2D eigenvalue weighted by Gasteiger charge is -2.19. The van der Waals surface area contributed by atoms with Crippen LogP contribution in [-0.2, 0) is 19.2 Å². The maximum Gasteiger partial charge on any atom is 0.333 e. The van der Waals surface area contributed by atoms with E-state index in [9.17, 15) is 19.6 Å². The number of carbonyl (C=O) groups excluding carboxylic acids is 3. The lowest BCUT2D eigenvalue weighted by atomic mass is 10.1. The molecule has 1 aliphatic rings. The van der Waals surface area contributed by atoms with Crippen LogP contribution in [0.5, 0.6) is 0 Å². The van der Waals surface area contributed by atoms with Crippen LogP contribution in [0.25, 0.3) is 0 Å². The Morgan fingerprint density at radius 1 is 1.23 bits per heavy atom. The average Bonchev–Trinajstić information content (AvgIpc) is 2.96. The molecule has 1 fully saturated rings. The monoisotopic (exact) mass is 428 g/mol. The van der Waals surface area contributed by atoms with Gasteiger partial charge in [-0.25, -0.2) is 4.79 Å². The van der Waals surface area contributed by atoms with E-state index >= 15 is 0 Å². The van der Waals surface area contributed by atoms with Gasteiger partial charge < -0.3 is 4.84 Å². The third-order valence-electron chi connectivity index (χ3n) is 3.36. The van der Waals surface area contributed by atoms with E-state index < -0.39 is 22.5 Å². The Labute approximate surface area is 166 Å². The first-order valence-electron chi connectivity index (χ1n) is 7.65. The Kier molecular flexibility index (Phi) is 8.21. The van der Waals surface area contributed by atoms with E-state index in [1.165, 1.54) is 20.6 Å². The van der Waals surface area contributed by atoms with Gasteiger partial charge in [0.15, 0.2) is 0 Å². The molecule has 2 rings (SSSR count). The number of amides is 2. The van der Waals surface area contributed by atoms with Gasteiger partial charge in [-0.2, -0.15) is 5.26 Å². The van der Waals surface area contributed by atoms with Crippen molar-refractivity contribution in [2.45, 2.75) is 42.2 Å². The van der Waals surface area contributed by atoms with Crippen LogP contribution >= 0.6 is 41.2 Å². The summed E-state index contributed by atoms with van der Waals surface area (Å²) < 4.78 is -0.785. The zero-order valence-electron chi connectivity index (χ0n) is 13.9. The second kappa shape index (κ2) is 10.2. The molecule has 138 valence electrons. The highest BCUT2D eigenvalue weighted by Crippen LogP contribution is 2.51. The highest BCUT2D eigenvalue weighted by molar-refractivity contribution is 9.26. The molecule has 0 bridgehead atoms. The van der Waals surface area contributed by atoms with Crippen LogP contribution < -0.4 is 0 Å². The van der Waals surface area contributed by atoms with Crippen molar-refractivity contribution in [1.29, 1.82) is 5.26 Å². The predicted molar refractivity (Wildman–Crippen MR) is 106 cm³/mol. The number of nitrogens with zero attached hydrogens (tertiary/aromatic N) is 2. The molecule has 0 aromatic heterocycles. The minimum Gasteiger partial charge on any atom is -0.330 e. The number of hydrogen-bond donors (Lipinski definition) is 0. The average molecular weight is 429 g/mol. The van der Waals surface area contributed by atoms with Crippen LogP contribution in [0.15, 0.2) is 35.2 Å². The summed E-state index contributed by atoms with van der Waals surface area (Å²) in [6.45, 7) is 1.75. The molecule has 10 heteroatoms. The molecule has 0 saturated carbocycles. The Morgan fingerprint density at radius 2 is 1.88 bits per heavy atom. The predicted octanol–water partition coefficient (Wildman–Crippen LogP) is 4.39. The van der Waals surface area contributed by atoms with Gasteiger partial charge in [0.2, 0.25) is 0 Å². The van der Waals surface area contributed by atoms with Crippen LogP contribution in [0.3, 0.4) is 0 Å². The van der Waals surface area contributed by atoms with E-state index in [1.807, 2.05) is 30.3 Å². The van der Waals surface area contributed by atoms with Gasteiger partial charge in [-0.15, -0.1) is 5.06 Å². The van der Waals surface area contributed by atoms with E-state index in [1.54, 1.807) is 27.5 Å². The van der Waals surface area contributed by atoms with E-state index in [0.29, 0.717) is 5.06 Å². The molecule has 1 atom stereocenters. The van der Waals surface area contributed by atoms with Gasteiger partial charge in [-0.05, 0) is 55.9 Å². The number of carbonyl (C=O) groups is 3. The fourth-order valence-corrected chi connectivity index (χ4v) is 8.26. The van der Waals surface area contributed by atoms with Gasteiger partial charge in [0.05, 0.1) is 12.5 Å². The second-order valence-corrected chi connectivity index (χ2v) is 11.7. The molecule has 0 N–H and O–H groups in total. The molecule has 1 saturated heterocycles. The fraction of sp³-hybridized carbons (Fsp3) is 0.375. The van der Waals surface area contributed by atoms with Crippen LogP contribution in [0.4, 0.5) is 0 Å². The van der Waals surface area contributed by atoms with Crippen molar-refractivity contribution in [3.05, 3.63) is 30.3 Å². The summed E-state index contributed by atoms with van der Waals surface area (Å²) in [5, 5.41) is 9.94. The molecule has 6 nitrogen and oxygen atoms in total. The van der Waals surface area contributed by atoms with Gasteiger partial charge in [0.1, 0.15) is 4.75 Å². The van der Waals surface area contributed by atoms with Crippen molar-refractivity contribution in [1.82, 2.24) is 5.06 Å². The van der Waals surface area contributed by atoms with Gasteiger partial charge in [0, 0.05) is 17.7 Å². The van der Waals surface area contributed by atoms with Gasteiger partial charge in [0.25, 0.3) is 11.8 Å². The molecule has 1 unspecified atom stereocenters. The van der Waals surface area contributed by atoms with Crippen LogP contribution in [-0.4, -0.2) is 27.6 Å². The lowest BCUT2D eigenvalue weighted by molar-refractivity contribution is -0.197. The SMILES string of the molecule is CC(C#N)(CCC(=O)ON1C(=O)CCC1=O)SSSSc1ccccc1. The van der Waals surface area contributed by atoms with E-state index in [4.69, 9.17) is 4.84 Å². The number of rotatable bonds is 9. The topological polar surface area (TPSA) is 87.5 Å². The number of imide groups is 1. The Bertz CT molecular complexity index is 694. The summed E-state index contributed by atoms with van der Waals surface area (Å²) in [5.74, 6) is -1.71. The third-order valence-corrected chi connectivity index (χ3v) is 10.2. The minimum absolute atomic E-state index is 0.0504. The molecule has 0 aliphatic carbocycles. The normalized spacial score (nSPS) is 16.2. The van der Waals surface area contributed by atoms with Gasteiger partial charge in [-0.3, -0.25) is 9.59 Å². The van der Waals surface area contributed by atoms with Crippen LogP contribution in [0, 0.1) is 11.3 Å². The zero-order chi connectivity index (χ0) is 19.0. The van der Waals surface area contributed by atoms with Crippen molar-refractivity contribution >= 4 is 59.0 Å². The summed E-state index contributed by atoms with van der Waals surface area (Å²) in [6, 6.07) is 12.1. The van der Waals surface area contributed by atoms with E-state index in [2.05, 4.69) is 6.07 Å². The van der Waals surface area contributed by atoms with Crippen molar-refractivity contribution < 1.29 is 19.2 Å². The molecule has 1 aliphatic heterocycles. The Hall–Kier alpha value is -1.28. The first-order chi connectivity index (χ1) is 12.4. The molecule has 1 heterocycles. The Balaban J connectivity index is 1.72. The maximum absolute atomic E-state index is 11.9. The van der Waals surface area contributed by atoms with Crippen molar-refractivity contribution in [2.75, 3.05) is 0 Å². The standard InChI is InChI=1S/C16H16N2O4S4/c1-16(11-17,24-26-25-23-12-5-3-2-4-6-12)10-9-15(21)22-18-13(19)7-8-14(18)20/h2-6H,7-10H2,1H3. The molecular weight excluding hydrogens is 412 g/mol. The number of hydroxylamine groups is 2. The Morgan fingerprint density at radius 3 is 2.50 bits per heavy atom. The summed E-state index contributed by atoms with van der Waals surface area (Å²) in [5.41, 5.74) is 0. The highest BCUT2D eigenvalue weighted by atomic mass is 33.7. The van der Waals surface area contributed by atoms with Gasteiger partial charge >= 0.3 is 5.97 Å². The number of nitriles is 1. The third kappa shape index (κ3) is 6.46. The molecule has 0 spiro atoms.